The molecule has 0 aromatic rings. The van der Waals surface area contributed by atoms with Gasteiger partial charge in [-0.05, 0) is 44.9 Å². The number of allylic oxidation sites excluding steroid dienone is 4. The van der Waals surface area contributed by atoms with Crippen LogP contribution in [0, 0.1) is 0 Å². The molecule has 2 aliphatic heterocycles. The van der Waals surface area contributed by atoms with E-state index < -0.39 is 86.8 Å². The maximum absolute atomic E-state index is 13.3. The van der Waals surface area contributed by atoms with E-state index in [1.54, 1.807) is 0 Å². The summed E-state index contributed by atoms with van der Waals surface area (Å²) in [7, 11) is 0. The number of carbonyl (C=O) groups is 1. The molecular weight excluding hydrogens is 1000 g/mol. The molecule has 79 heavy (non-hydrogen) atoms. The second-order valence-corrected chi connectivity index (χ2v) is 23.6. The summed E-state index contributed by atoms with van der Waals surface area (Å²) in [4.78, 5) is 13.3. The number of aliphatic hydroxyl groups is 8. The highest BCUT2D eigenvalue weighted by Gasteiger charge is 2.51. The van der Waals surface area contributed by atoms with Crippen LogP contribution in [0.2, 0.25) is 0 Å². The van der Waals surface area contributed by atoms with Crippen molar-refractivity contribution >= 4 is 5.91 Å². The molecule has 0 bridgehead atoms. The molecule has 1 amide bonds. The van der Waals surface area contributed by atoms with Crippen molar-refractivity contribution in [2.24, 2.45) is 0 Å². The fourth-order valence-corrected chi connectivity index (χ4v) is 11.1. The lowest BCUT2D eigenvalue weighted by Gasteiger charge is -2.46. The molecule has 0 saturated carbocycles. The summed E-state index contributed by atoms with van der Waals surface area (Å²) >= 11 is 0. The standard InChI is InChI=1S/C65H123NO13/c1-3-5-7-9-11-13-15-17-19-21-22-23-24-25-26-27-28-29-30-31-32-33-35-37-39-41-43-45-47-49-57(70)66-53(54(69)48-46-44-42-40-38-36-34-20-18-16-14-12-10-8-6-4-2)52-76-64-62(75)60(73)63(56(51-68)78-64)79-65-61(74)59(72)58(71)55(50-67)77-65/h15,17,21-22,53-56,58-65,67-69,71-75H,3-14,16,18-20,23-52H2,1-2H3,(H,66,70)/b17-15-,22-21-. The van der Waals surface area contributed by atoms with Crippen LogP contribution in [0.15, 0.2) is 24.3 Å². The molecule has 466 valence electrons. The van der Waals surface area contributed by atoms with E-state index in [9.17, 15) is 45.6 Å². The minimum absolute atomic E-state index is 0.202. The Morgan fingerprint density at radius 3 is 1.27 bits per heavy atom. The Hall–Kier alpha value is -1.53. The van der Waals surface area contributed by atoms with Crippen LogP contribution in [-0.2, 0) is 23.7 Å². The molecule has 12 atom stereocenters. The van der Waals surface area contributed by atoms with Crippen molar-refractivity contribution in [3.8, 4) is 0 Å². The lowest BCUT2D eigenvalue weighted by molar-refractivity contribution is -0.359. The highest BCUT2D eigenvalue weighted by atomic mass is 16.7. The average molecular weight is 1130 g/mol. The maximum Gasteiger partial charge on any atom is 0.220 e. The lowest BCUT2D eigenvalue weighted by atomic mass is 9.97. The van der Waals surface area contributed by atoms with Crippen LogP contribution in [0.1, 0.15) is 290 Å². The van der Waals surface area contributed by atoms with E-state index in [0.717, 1.165) is 57.8 Å². The molecule has 2 rings (SSSR count). The number of ether oxygens (including phenoxy) is 4. The summed E-state index contributed by atoms with van der Waals surface area (Å²) in [5, 5.41) is 87.4. The number of amides is 1. The van der Waals surface area contributed by atoms with Gasteiger partial charge in [0, 0.05) is 6.42 Å². The number of unbranched alkanes of at least 4 members (excludes halogenated alkanes) is 37. The Kier molecular flexibility index (Phi) is 47.4. The third-order valence-electron chi connectivity index (χ3n) is 16.4. The van der Waals surface area contributed by atoms with Gasteiger partial charge in [-0.25, -0.2) is 0 Å². The van der Waals surface area contributed by atoms with E-state index >= 15 is 0 Å². The summed E-state index contributed by atoms with van der Waals surface area (Å²) in [6, 6.07) is -0.826. The minimum atomic E-state index is -1.78. The molecule has 0 spiro atoms. The van der Waals surface area contributed by atoms with Gasteiger partial charge in [-0.1, -0.05) is 263 Å². The molecule has 14 nitrogen and oxygen atoms in total. The largest absolute Gasteiger partial charge is 0.394 e. The van der Waals surface area contributed by atoms with E-state index in [-0.39, 0.29) is 12.5 Å². The van der Waals surface area contributed by atoms with Crippen LogP contribution in [0.25, 0.3) is 0 Å². The summed E-state index contributed by atoms with van der Waals surface area (Å²) in [6.07, 6.45) is 44.7. The van der Waals surface area contributed by atoms with Gasteiger partial charge in [-0.2, -0.15) is 0 Å². The van der Waals surface area contributed by atoms with Crippen molar-refractivity contribution in [2.75, 3.05) is 19.8 Å². The highest BCUT2D eigenvalue weighted by Crippen LogP contribution is 2.30. The topological polar surface area (TPSA) is 228 Å². The van der Waals surface area contributed by atoms with E-state index in [4.69, 9.17) is 18.9 Å². The van der Waals surface area contributed by atoms with Gasteiger partial charge < -0.3 is 65.1 Å². The second-order valence-electron chi connectivity index (χ2n) is 23.6. The molecule has 12 unspecified atom stereocenters. The Balaban J connectivity index is 1.66. The van der Waals surface area contributed by atoms with E-state index in [1.807, 2.05) is 0 Å². The molecule has 2 heterocycles. The second kappa shape index (κ2) is 50.9. The molecule has 14 heteroatoms. The molecule has 0 radical (unpaired) electrons. The number of aliphatic hydroxyl groups excluding tert-OH is 8. The van der Waals surface area contributed by atoms with Crippen molar-refractivity contribution in [3.63, 3.8) is 0 Å². The smallest absolute Gasteiger partial charge is 0.220 e. The minimum Gasteiger partial charge on any atom is -0.394 e. The fourth-order valence-electron chi connectivity index (χ4n) is 11.1. The summed E-state index contributed by atoms with van der Waals surface area (Å²) in [6.45, 7) is 2.88. The fraction of sp³-hybridized carbons (Fsp3) is 0.923. The van der Waals surface area contributed by atoms with Crippen molar-refractivity contribution < 1.29 is 64.6 Å². The molecule has 9 N–H and O–H groups in total. The first-order valence-corrected chi connectivity index (χ1v) is 33.1. The van der Waals surface area contributed by atoms with Crippen LogP contribution in [0.5, 0.6) is 0 Å². The van der Waals surface area contributed by atoms with Gasteiger partial charge in [-0.15, -0.1) is 0 Å². The monoisotopic (exact) mass is 1130 g/mol. The zero-order valence-electron chi connectivity index (χ0n) is 50.4. The Labute approximate surface area is 481 Å². The molecule has 2 fully saturated rings. The summed E-state index contributed by atoms with van der Waals surface area (Å²) in [5.41, 5.74) is 0. The number of rotatable bonds is 54. The molecule has 2 aliphatic rings. The first-order valence-electron chi connectivity index (χ1n) is 33.1. The van der Waals surface area contributed by atoms with Gasteiger partial charge in [0.15, 0.2) is 12.6 Å². The third-order valence-corrected chi connectivity index (χ3v) is 16.4. The van der Waals surface area contributed by atoms with Gasteiger partial charge in [-0.3, -0.25) is 4.79 Å². The summed E-state index contributed by atoms with van der Waals surface area (Å²) in [5.74, 6) is -0.202. The van der Waals surface area contributed by atoms with Crippen molar-refractivity contribution in [1.82, 2.24) is 5.32 Å². The van der Waals surface area contributed by atoms with Crippen molar-refractivity contribution in [2.45, 2.75) is 364 Å². The predicted molar refractivity (Wildman–Crippen MR) is 318 cm³/mol. The third kappa shape index (κ3) is 36.0. The normalized spacial score (nSPS) is 24.5. The summed E-state index contributed by atoms with van der Waals surface area (Å²) < 4.78 is 22.9. The zero-order chi connectivity index (χ0) is 57.4. The lowest BCUT2D eigenvalue weighted by Crippen LogP contribution is -2.65. The first kappa shape index (κ1) is 73.6. The number of nitrogens with one attached hydrogen (secondary N) is 1. The van der Waals surface area contributed by atoms with Gasteiger partial charge in [0.25, 0.3) is 0 Å². The molecule has 2 saturated heterocycles. The quantitative estimate of drug-likeness (QED) is 0.0204. The molecular formula is C65H123NO13. The van der Waals surface area contributed by atoms with Crippen LogP contribution < -0.4 is 5.32 Å². The number of carbonyl (C=O) groups excluding carboxylic acids is 1. The molecule has 0 aliphatic carbocycles. The van der Waals surface area contributed by atoms with Gasteiger partial charge in [0.2, 0.25) is 5.91 Å². The Morgan fingerprint density at radius 2 is 0.835 bits per heavy atom. The average Bonchev–Trinajstić information content (AvgIpc) is 3.48. The van der Waals surface area contributed by atoms with E-state index in [2.05, 4.69) is 43.5 Å². The van der Waals surface area contributed by atoms with Crippen LogP contribution >= 0.6 is 0 Å². The van der Waals surface area contributed by atoms with Crippen LogP contribution in [0.3, 0.4) is 0 Å². The Bertz CT molecular complexity index is 1420. The van der Waals surface area contributed by atoms with E-state index in [0.29, 0.717) is 12.8 Å². The SMILES string of the molecule is CCCCCCC/C=C\C/C=C\CCCCCCCCCCCCCCCCCCCC(=O)NC(COC1OC(CO)C(OC2OC(CO)C(O)C(O)C2O)C(O)C1O)C(O)CCCCCCCCCCCCCCCCCC. The number of hydrogen-bond donors (Lipinski definition) is 9. The van der Waals surface area contributed by atoms with Crippen molar-refractivity contribution in [3.05, 3.63) is 24.3 Å². The molecule has 0 aromatic heterocycles. The van der Waals surface area contributed by atoms with E-state index in [1.165, 1.54) is 205 Å². The van der Waals surface area contributed by atoms with Crippen LogP contribution in [-0.4, -0.2) is 140 Å². The molecule has 0 aromatic carbocycles. The maximum atomic E-state index is 13.3. The zero-order valence-corrected chi connectivity index (χ0v) is 50.4. The Morgan fingerprint density at radius 1 is 0.456 bits per heavy atom. The number of hydrogen-bond acceptors (Lipinski definition) is 13. The first-order chi connectivity index (χ1) is 38.6. The predicted octanol–water partition coefficient (Wildman–Crippen LogP) is 12.4. The highest BCUT2D eigenvalue weighted by molar-refractivity contribution is 5.76. The van der Waals surface area contributed by atoms with Gasteiger partial charge in [0.1, 0.15) is 48.8 Å². The van der Waals surface area contributed by atoms with Gasteiger partial charge >= 0.3 is 0 Å². The van der Waals surface area contributed by atoms with Crippen LogP contribution in [0.4, 0.5) is 0 Å². The van der Waals surface area contributed by atoms with Crippen molar-refractivity contribution in [1.29, 1.82) is 0 Å². The van der Waals surface area contributed by atoms with Gasteiger partial charge in [0.05, 0.1) is 32.0 Å².